The van der Waals surface area contributed by atoms with Gasteiger partial charge in [-0.25, -0.2) is 0 Å². The largest absolute Gasteiger partial charge is 0.398 e. The third kappa shape index (κ3) is 5.88. The van der Waals surface area contributed by atoms with Crippen LogP contribution in [0.5, 0.6) is 0 Å². The Morgan fingerprint density at radius 1 is 0.912 bits per heavy atom. The van der Waals surface area contributed by atoms with E-state index >= 15 is 0 Å². The highest BCUT2D eigenvalue weighted by molar-refractivity contribution is 6.07. The molecule has 3 N–H and O–H groups in total. The number of halogens is 1. The summed E-state index contributed by atoms with van der Waals surface area (Å²) >= 11 is 0. The molecule has 1 aliphatic rings. The Morgan fingerprint density at radius 2 is 1.56 bits per heavy atom. The molecule has 0 radical (unpaired) electrons. The Hall–Kier alpha value is -3.51. The molecule has 34 heavy (non-hydrogen) atoms. The molecular formula is C27H31ClN4O2. The van der Waals surface area contributed by atoms with Gasteiger partial charge in [0.15, 0.2) is 0 Å². The first kappa shape index (κ1) is 25.1. The maximum atomic E-state index is 13.2. The summed E-state index contributed by atoms with van der Waals surface area (Å²) in [5, 5.41) is 2.87. The number of nitrogens with two attached hydrogens (primary N) is 1. The Bertz CT molecular complexity index is 1130. The molecule has 0 unspecified atom stereocenters. The van der Waals surface area contributed by atoms with Crippen molar-refractivity contribution in [3.8, 4) is 0 Å². The SMILES string of the molecule is CN(C(=O)c1ccc(NC(=O)Cc2ccccc2N)cc1)c1ccccc1N1CCCCC1.Cl. The zero-order chi connectivity index (χ0) is 23.2. The number of nitrogens with one attached hydrogen (secondary N) is 1. The van der Waals surface area contributed by atoms with E-state index in [1.807, 2.05) is 43.4 Å². The summed E-state index contributed by atoms with van der Waals surface area (Å²) in [6.45, 7) is 2.03. The van der Waals surface area contributed by atoms with Gasteiger partial charge < -0.3 is 20.9 Å². The summed E-state index contributed by atoms with van der Waals surface area (Å²) in [5.41, 5.74) is 10.5. The zero-order valence-electron chi connectivity index (χ0n) is 19.4. The number of rotatable bonds is 6. The van der Waals surface area contributed by atoms with Gasteiger partial charge in [-0.05, 0) is 67.3 Å². The number of para-hydroxylation sites is 3. The second-order valence-electron chi connectivity index (χ2n) is 8.40. The second kappa shape index (κ2) is 11.6. The van der Waals surface area contributed by atoms with Crippen molar-refractivity contribution in [2.75, 3.05) is 41.0 Å². The van der Waals surface area contributed by atoms with Gasteiger partial charge in [-0.2, -0.15) is 0 Å². The standard InChI is InChI=1S/C27H30N4O2.ClH/c1-30(24-11-5-6-12-25(24)31-17-7-2-8-18-31)27(33)20-13-15-22(16-14-20)29-26(32)19-21-9-3-4-10-23(21)28;/h3-6,9-16H,2,7-8,17-19,28H2,1H3,(H,29,32);1H. The number of carbonyl (C=O) groups excluding carboxylic acids is 2. The summed E-state index contributed by atoms with van der Waals surface area (Å²) in [6.07, 6.45) is 3.81. The average Bonchev–Trinajstić information content (AvgIpc) is 2.85. The number of amides is 2. The van der Waals surface area contributed by atoms with E-state index in [1.54, 1.807) is 35.2 Å². The molecular weight excluding hydrogens is 448 g/mol. The first-order chi connectivity index (χ1) is 16.0. The van der Waals surface area contributed by atoms with E-state index in [2.05, 4.69) is 16.3 Å². The highest BCUT2D eigenvalue weighted by atomic mass is 35.5. The monoisotopic (exact) mass is 478 g/mol. The molecule has 178 valence electrons. The van der Waals surface area contributed by atoms with Crippen LogP contribution in [0.2, 0.25) is 0 Å². The molecule has 0 atom stereocenters. The topological polar surface area (TPSA) is 78.7 Å². The molecule has 3 aromatic carbocycles. The van der Waals surface area contributed by atoms with Crippen molar-refractivity contribution in [2.24, 2.45) is 0 Å². The van der Waals surface area contributed by atoms with Crippen molar-refractivity contribution in [1.29, 1.82) is 0 Å². The van der Waals surface area contributed by atoms with E-state index in [9.17, 15) is 9.59 Å². The van der Waals surface area contributed by atoms with Gasteiger partial charge in [-0.3, -0.25) is 9.59 Å². The molecule has 1 heterocycles. The highest BCUT2D eigenvalue weighted by Crippen LogP contribution is 2.31. The Morgan fingerprint density at radius 3 is 2.26 bits per heavy atom. The quantitative estimate of drug-likeness (QED) is 0.481. The van der Waals surface area contributed by atoms with Gasteiger partial charge >= 0.3 is 0 Å². The number of nitrogens with zero attached hydrogens (tertiary/aromatic N) is 2. The number of piperidine rings is 1. The van der Waals surface area contributed by atoms with Gasteiger partial charge in [0, 0.05) is 37.1 Å². The summed E-state index contributed by atoms with van der Waals surface area (Å²) in [4.78, 5) is 29.7. The predicted octanol–water partition coefficient (Wildman–Crippen LogP) is 5.14. The normalized spacial score (nSPS) is 13.0. The third-order valence-corrected chi connectivity index (χ3v) is 6.07. The van der Waals surface area contributed by atoms with Crippen LogP contribution in [0, 0.1) is 0 Å². The molecule has 1 fully saturated rings. The number of anilines is 4. The molecule has 7 heteroatoms. The molecule has 3 aromatic rings. The van der Waals surface area contributed by atoms with Crippen molar-refractivity contribution in [1.82, 2.24) is 0 Å². The first-order valence-corrected chi connectivity index (χ1v) is 11.4. The summed E-state index contributed by atoms with van der Waals surface area (Å²) in [7, 11) is 1.81. The van der Waals surface area contributed by atoms with Gasteiger partial charge in [0.05, 0.1) is 17.8 Å². The zero-order valence-corrected chi connectivity index (χ0v) is 20.2. The van der Waals surface area contributed by atoms with E-state index in [0.29, 0.717) is 16.9 Å². The lowest BCUT2D eigenvalue weighted by Gasteiger charge is -2.32. The predicted molar refractivity (Wildman–Crippen MR) is 142 cm³/mol. The Balaban J connectivity index is 0.00000324. The fourth-order valence-electron chi connectivity index (χ4n) is 4.22. The minimum absolute atomic E-state index is 0. The number of hydrogen-bond donors (Lipinski definition) is 2. The van der Waals surface area contributed by atoms with Gasteiger partial charge in [0.1, 0.15) is 0 Å². The number of hydrogen-bond acceptors (Lipinski definition) is 4. The van der Waals surface area contributed by atoms with Crippen molar-refractivity contribution >= 4 is 47.0 Å². The third-order valence-electron chi connectivity index (χ3n) is 6.07. The lowest BCUT2D eigenvalue weighted by Crippen LogP contribution is -2.33. The van der Waals surface area contributed by atoms with Crippen LogP contribution in [0.15, 0.2) is 72.8 Å². The molecule has 0 saturated carbocycles. The van der Waals surface area contributed by atoms with Crippen molar-refractivity contribution in [3.63, 3.8) is 0 Å². The van der Waals surface area contributed by atoms with Gasteiger partial charge in [-0.1, -0.05) is 30.3 Å². The number of benzene rings is 3. The van der Waals surface area contributed by atoms with Crippen LogP contribution in [-0.4, -0.2) is 32.0 Å². The number of carbonyl (C=O) groups is 2. The maximum Gasteiger partial charge on any atom is 0.258 e. The average molecular weight is 479 g/mol. The van der Waals surface area contributed by atoms with Gasteiger partial charge in [0.25, 0.3) is 5.91 Å². The summed E-state index contributed by atoms with van der Waals surface area (Å²) < 4.78 is 0. The molecule has 1 saturated heterocycles. The maximum absolute atomic E-state index is 13.2. The van der Waals surface area contributed by atoms with Gasteiger partial charge in [-0.15, -0.1) is 12.4 Å². The highest BCUT2D eigenvalue weighted by Gasteiger charge is 2.20. The fraction of sp³-hybridized carbons (Fsp3) is 0.259. The molecule has 6 nitrogen and oxygen atoms in total. The molecule has 0 bridgehead atoms. The van der Waals surface area contributed by atoms with E-state index in [4.69, 9.17) is 5.73 Å². The molecule has 0 spiro atoms. The molecule has 0 aliphatic carbocycles. The minimum atomic E-state index is -0.153. The number of nitrogen functional groups attached to an aromatic ring is 1. The Kier molecular flexibility index (Phi) is 8.55. The van der Waals surface area contributed by atoms with Crippen molar-refractivity contribution in [2.45, 2.75) is 25.7 Å². The fourth-order valence-corrected chi connectivity index (χ4v) is 4.22. The van der Waals surface area contributed by atoms with Crippen LogP contribution < -0.4 is 20.9 Å². The molecule has 4 rings (SSSR count). The first-order valence-electron chi connectivity index (χ1n) is 11.4. The van der Waals surface area contributed by atoms with Crippen molar-refractivity contribution < 1.29 is 9.59 Å². The van der Waals surface area contributed by atoms with Crippen molar-refractivity contribution in [3.05, 3.63) is 83.9 Å². The molecule has 1 aliphatic heterocycles. The molecule has 0 aromatic heterocycles. The van der Waals surface area contributed by atoms with Gasteiger partial charge in [0.2, 0.25) is 5.91 Å². The van der Waals surface area contributed by atoms with E-state index < -0.39 is 0 Å². The van der Waals surface area contributed by atoms with E-state index in [-0.39, 0.29) is 30.6 Å². The van der Waals surface area contributed by atoms with Crippen LogP contribution >= 0.6 is 12.4 Å². The Labute approximate surface area is 207 Å². The van der Waals surface area contributed by atoms with Crippen LogP contribution in [0.3, 0.4) is 0 Å². The van der Waals surface area contributed by atoms with Crippen LogP contribution in [-0.2, 0) is 11.2 Å². The summed E-state index contributed by atoms with van der Waals surface area (Å²) in [5.74, 6) is -0.242. The smallest absolute Gasteiger partial charge is 0.258 e. The lowest BCUT2D eigenvalue weighted by atomic mass is 10.1. The van der Waals surface area contributed by atoms with E-state index in [0.717, 1.165) is 30.0 Å². The minimum Gasteiger partial charge on any atom is -0.398 e. The summed E-state index contributed by atoms with van der Waals surface area (Å²) in [6, 6.07) is 22.4. The van der Waals surface area contributed by atoms with Crippen LogP contribution in [0.1, 0.15) is 35.2 Å². The van der Waals surface area contributed by atoms with Crippen LogP contribution in [0.25, 0.3) is 0 Å². The lowest BCUT2D eigenvalue weighted by molar-refractivity contribution is -0.115. The second-order valence-corrected chi connectivity index (χ2v) is 8.40. The van der Waals surface area contributed by atoms with Crippen LogP contribution in [0.4, 0.5) is 22.7 Å². The molecule has 2 amide bonds. The van der Waals surface area contributed by atoms with E-state index in [1.165, 1.54) is 19.3 Å².